The predicted molar refractivity (Wildman–Crippen MR) is 84.2 cm³/mol. The van der Waals surface area contributed by atoms with Crippen LogP contribution in [0.4, 0.5) is 5.69 Å². The Labute approximate surface area is 129 Å². The maximum absolute atomic E-state index is 12.0. The Morgan fingerprint density at radius 3 is 2.59 bits per heavy atom. The van der Waals surface area contributed by atoms with Crippen LogP contribution in [0.15, 0.2) is 51.8 Å². The number of benzene rings is 2. The minimum Gasteiger partial charge on any atom is -0.326 e. The lowest BCUT2D eigenvalue weighted by molar-refractivity contribution is 0.597. The van der Waals surface area contributed by atoms with Gasteiger partial charge in [0.1, 0.15) is 11.2 Å². The molecule has 0 saturated heterocycles. The quantitative estimate of drug-likeness (QED) is 0.854. The molecule has 3 rings (SSSR count). The van der Waals surface area contributed by atoms with Gasteiger partial charge in [-0.1, -0.05) is 18.2 Å². The zero-order valence-electron chi connectivity index (χ0n) is 11.9. The summed E-state index contributed by atoms with van der Waals surface area (Å²) in [5.74, 6) is 0. The average molecular weight is 311 g/mol. The summed E-state index contributed by atoms with van der Waals surface area (Å²) in [5, 5.41) is 8.82. The molecule has 0 bridgehead atoms. The molecule has 0 atom stereocenters. The first-order valence-corrected chi connectivity index (χ1v) is 8.10. The Morgan fingerprint density at radius 1 is 1.18 bits per heavy atom. The van der Waals surface area contributed by atoms with Crippen LogP contribution in [-0.4, -0.2) is 14.8 Å². The molecule has 0 spiro atoms. The van der Waals surface area contributed by atoms with Crippen LogP contribution in [0.3, 0.4) is 0 Å². The van der Waals surface area contributed by atoms with Gasteiger partial charge in [-0.05, 0) is 42.3 Å². The lowest BCUT2D eigenvalue weighted by atomic mass is 10.1. The topological polar surface area (TPSA) is 73.5 Å². The van der Waals surface area contributed by atoms with Crippen LogP contribution < -0.4 is 4.90 Å². The van der Waals surface area contributed by atoms with Crippen LogP contribution in [-0.2, 0) is 16.6 Å². The minimum atomic E-state index is -3.61. The summed E-state index contributed by atoms with van der Waals surface area (Å²) in [6.07, 6.45) is 1.34. The fourth-order valence-corrected chi connectivity index (χ4v) is 3.35. The van der Waals surface area contributed by atoms with E-state index in [2.05, 4.69) is 10.5 Å². The van der Waals surface area contributed by atoms with Gasteiger partial charge in [0.25, 0.3) is 10.0 Å². The Hall–Kier alpha value is -2.65. The Bertz CT molecular complexity index is 894. The van der Waals surface area contributed by atoms with E-state index in [1.54, 1.807) is 29.2 Å². The molecule has 0 saturated carbocycles. The molecule has 0 aromatic heterocycles. The maximum atomic E-state index is 12.0. The number of anilines is 1. The second kappa shape index (κ2) is 5.28. The number of aryl methyl sites for hydroxylation is 1. The van der Waals surface area contributed by atoms with Crippen LogP contribution in [0.25, 0.3) is 0 Å². The highest BCUT2D eigenvalue weighted by Crippen LogP contribution is 2.31. The maximum Gasteiger partial charge on any atom is 0.285 e. The van der Waals surface area contributed by atoms with Gasteiger partial charge in [-0.15, -0.1) is 4.40 Å². The Balaban J connectivity index is 1.98. The number of nitriles is 1. The molecule has 1 aliphatic rings. The average Bonchev–Trinajstić information content (AvgIpc) is 2.51. The first-order chi connectivity index (χ1) is 10.5. The molecule has 0 unspecified atom stereocenters. The van der Waals surface area contributed by atoms with E-state index in [4.69, 9.17) is 5.26 Å². The number of fused-ring (bicyclic) bond motifs is 1. The van der Waals surface area contributed by atoms with E-state index >= 15 is 0 Å². The van der Waals surface area contributed by atoms with Gasteiger partial charge in [-0.3, -0.25) is 0 Å². The van der Waals surface area contributed by atoms with Crippen LogP contribution in [0.2, 0.25) is 0 Å². The number of nitrogens with zero attached hydrogens (tertiary/aromatic N) is 3. The van der Waals surface area contributed by atoms with Crippen molar-refractivity contribution in [3.8, 4) is 6.07 Å². The second-order valence-corrected chi connectivity index (χ2v) is 6.70. The normalized spacial score (nSPS) is 15.2. The summed E-state index contributed by atoms with van der Waals surface area (Å²) in [4.78, 5) is 2.01. The molecule has 0 aliphatic carbocycles. The molecule has 1 heterocycles. The van der Waals surface area contributed by atoms with E-state index in [0.29, 0.717) is 17.8 Å². The fraction of sp³-hybridized carbons (Fsp3) is 0.125. The molecule has 110 valence electrons. The summed E-state index contributed by atoms with van der Waals surface area (Å²) < 4.78 is 27.7. The third-order valence-electron chi connectivity index (χ3n) is 3.46. The van der Waals surface area contributed by atoms with Crippen molar-refractivity contribution in [2.45, 2.75) is 18.4 Å². The summed E-state index contributed by atoms with van der Waals surface area (Å²) in [7, 11) is -3.61. The monoisotopic (exact) mass is 311 g/mol. The SMILES string of the molecule is Cc1ccc2c(c1)N(Cc1ccc(C#N)cc1)C=NS2(=O)=O. The van der Waals surface area contributed by atoms with Crippen LogP contribution in [0.1, 0.15) is 16.7 Å². The third-order valence-corrected chi connectivity index (χ3v) is 4.74. The molecule has 0 fully saturated rings. The molecule has 2 aromatic rings. The van der Waals surface area contributed by atoms with Crippen molar-refractivity contribution in [1.82, 2.24) is 0 Å². The molecule has 0 radical (unpaired) electrons. The van der Waals surface area contributed by atoms with Gasteiger partial charge in [-0.2, -0.15) is 13.7 Å². The third kappa shape index (κ3) is 2.59. The lowest BCUT2D eigenvalue weighted by Crippen LogP contribution is -2.26. The largest absolute Gasteiger partial charge is 0.326 e. The van der Waals surface area contributed by atoms with Crippen molar-refractivity contribution in [2.24, 2.45) is 4.40 Å². The molecule has 0 amide bonds. The summed E-state index contributed by atoms with van der Waals surface area (Å²) in [6.45, 7) is 2.40. The fourth-order valence-electron chi connectivity index (χ4n) is 2.32. The molecule has 2 aromatic carbocycles. The van der Waals surface area contributed by atoms with E-state index in [-0.39, 0.29) is 4.90 Å². The molecule has 5 nitrogen and oxygen atoms in total. The van der Waals surface area contributed by atoms with Crippen molar-refractivity contribution in [1.29, 1.82) is 5.26 Å². The molecule has 6 heteroatoms. The standard InChI is InChI=1S/C16H13N3O2S/c1-12-2-7-16-15(8-12)19(11-18-22(16,20)21)10-14-5-3-13(9-17)4-6-14/h2-8,11H,10H2,1H3. The van der Waals surface area contributed by atoms with Crippen molar-refractivity contribution >= 4 is 22.0 Å². The van der Waals surface area contributed by atoms with Gasteiger partial charge in [0.2, 0.25) is 0 Å². The van der Waals surface area contributed by atoms with E-state index in [1.165, 1.54) is 6.34 Å². The number of sulfonamides is 1. The molecular weight excluding hydrogens is 298 g/mol. The van der Waals surface area contributed by atoms with Gasteiger partial charge in [0.15, 0.2) is 0 Å². The number of hydrogen-bond donors (Lipinski definition) is 0. The van der Waals surface area contributed by atoms with Gasteiger partial charge in [-0.25, -0.2) is 0 Å². The van der Waals surface area contributed by atoms with E-state index in [1.807, 2.05) is 25.1 Å². The number of hydrogen-bond acceptors (Lipinski definition) is 4. The first-order valence-electron chi connectivity index (χ1n) is 6.66. The van der Waals surface area contributed by atoms with Gasteiger partial charge < -0.3 is 4.90 Å². The van der Waals surface area contributed by atoms with Crippen LogP contribution >= 0.6 is 0 Å². The summed E-state index contributed by atoms with van der Waals surface area (Å²) >= 11 is 0. The molecule has 22 heavy (non-hydrogen) atoms. The summed E-state index contributed by atoms with van der Waals surface area (Å²) in [5.41, 5.74) is 3.17. The highest BCUT2D eigenvalue weighted by atomic mass is 32.2. The van der Waals surface area contributed by atoms with Crippen LogP contribution in [0.5, 0.6) is 0 Å². The zero-order chi connectivity index (χ0) is 15.7. The predicted octanol–water partition coefficient (Wildman–Crippen LogP) is 2.60. The van der Waals surface area contributed by atoms with E-state index in [0.717, 1.165) is 11.1 Å². The second-order valence-electron chi connectivity index (χ2n) is 5.10. The van der Waals surface area contributed by atoms with Crippen molar-refractivity contribution in [2.75, 3.05) is 4.90 Å². The van der Waals surface area contributed by atoms with Crippen LogP contribution in [0, 0.1) is 18.3 Å². The van der Waals surface area contributed by atoms with E-state index in [9.17, 15) is 8.42 Å². The van der Waals surface area contributed by atoms with Gasteiger partial charge in [0, 0.05) is 6.54 Å². The highest BCUT2D eigenvalue weighted by Gasteiger charge is 2.25. The first kappa shape index (κ1) is 14.3. The lowest BCUT2D eigenvalue weighted by Gasteiger charge is -2.25. The van der Waals surface area contributed by atoms with Crippen molar-refractivity contribution < 1.29 is 8.42 Å². The van der Waals surface area contributed by atoms with Crippen molar-refractivity contribution in [3.05, 3.63) is 59.2 Å². The van der Waals surface area contributed by atoms with Crippen molar-refractivity contribution in [3.63, 3.8) is 0 Å². The number of rotatable bonds is 2. The van der Waals surface area contributed by atoms with Gasteiger partial charge in [0.05, 0.1) is 17.3 Å². The molecule has 0 N–H and O–H groups in total. The zero-order valence-corrected chi connectivity index (χ0v) is 12.7. The summed E-state index contributed by atoms with van der Waals surface area (Å²) in [6, 6.07) is 14.4. The van der Waals surface area contributed by atoms with Gasteiger partial charge >= 0.3 is 0 Å². The molecular formula is C16H13N3O2S. The Morgan fingerprint density at radius 2 is 1.91 bits per heavy atom. The smallest absolute Gasteiger partial charge is 0.285 e. The highest BCUT2D eigenvalue weighted by molar-refractivity contribution is 7.90. The minimum absolute atomic E-state index is 0.217. The van der Waals surface area contributed by atoms with E-state index < -0.39 is 10.0 Å². The molecule has 1 aliphatic heterocycles. The Kier molecular flexibility index (Phi) is 3.43.